The van der Waals surface area contributed by atoms with Crippen LogP contribution in [-0.4, -0.2) is 4.98 Å². The number of hydrogen-bond donors (Lipinski definition) is 1. The molecular weight excluding hydrogens is 256 g/mol. The number of aromatic nitrogens is 1. The van der Waals surface area contributed by atoms with Crippen LogP contribution >= 0.6 is 44.5 Å². The van der Waals surface area contributed by atoms with Gasteiger partial charge >= 0.3 is 0 Å². The van der Waals surface area contributed by atoms with E-state index in [2.05, 4.69) is 25.5 Å². The molecule has 0 radical (unpaired) electrons. The molecule has 1 heterocycles. The third-order valence-corrected chi connectivity index (χ3v) is 1.84. The Labute approximate surface area is 70.4 Å². The maximum Gasteiger partial charge on any atom is 0.192 e. The van der Waals surface area contributed by atoms with Gasteiger partial charge in [0.25, 0.3) is 0 Å². The van der Waals surface area contributed by atoms with Gasteiger partial charge in [-0.3, -0.25) is 4.34 Å². The van der Waals surface area contributed by atoms with E-state index in [1.165, 1.54) is 0 Å². The Bertz CT molecular complexity index is 130. The average molecular weight is 260 g/mol. The van der Waals surface area contributed by atoms with E-state index in [0.717, 1.165) is 5.13 Å². The first-order valence-electron chi connectivity index (χ1n) is 1.69. The molecule has 0 saturated carbocycles. The Morgan fingerprint density at radius 2 is 2.50 bits per heavy atom. The highest BCUT2D eigenvalue weighted by atomic mass is 79.9. The fraction of sp³-hybridized carbons (Fsp3) is 0. The zero-order valence-corrected chi connectivity index (χ0v) is 7.91. The molecule has 1 rings (SSSR count). The lowest BCUT2D eigenvalue weighted by Gasteiger charge is -1.80. The minimum atomic E-state index is 0. The Morgan fingerprint density at radius 3 is 2.75 bits per heavy atom. The van der Waals surface area contributed by atoms with Crippen LogP contribution in [-0.2, 0) is 0 Å². The summed E-state index contributed by atoms with van der Waals surface area (Å²) < 4.78 is 2.73. The molecule has 46 valence electrons. The van der Waals surface area contributed by atoms with Crippen LogP contribution in [0, 0.1) is 0 Å². The van der Waals surface area contributed by atoms with Crippen molar-refractivity contribution in [2.24, 2.45) is 0 Å². The maximum atomic E-state index is 3.90. The maximum absolute atomic E-state index is 3.90. The number of nitrogens with one attached hydrogen (secondary N) is 1. The van der Waals surface area contributed by atoms with Crippen LogP contribution < -0.4 is 4.34 Å². The molecule has 0 fully saturated rings. The molecular formula is C3H4Br2N2S. The van der Waals surface area contributed by atoms with Gasteiger partial charge in [-0.05, 0) is 0 Å². The molecule has 1 N–H and O–H groups in total. The van der Waals surface area contributed by atoms with Crippen LogP contribution in [0.4, 0.5) is 5.13 Å². The second kappa shape index (κ2) is 4.29. The van der Waals surface area contributed by atoms with Crippen molar-refractivity contribution < 1.29 is 0 Å². The first-order chi connectivity index (χ1) is 3.43. The van der Waals surface area contributed by atoms with E-state index >= 15 is 0 Å². The zero-order valence-electron chi connectivity index (χ0n) is 3.80. The van der Waals surface area contributed by atoms with Gasteiger partial charge in [0, 0.05) is 27.7 Å². The molecule has 0 aliphatic heterocycles. The minimum Gasteiger partial charge on any atom is -0.298 e. The summed E-state index contributed by atoms with van der Waals surface area (Å²) in [5.74, 6) is 0. The summed E-state index contributed by atoms with van der Waals surface area (Å²) in [6.07, 6.45) is 1.74. The lowest BCUT2D eigenvalue weighted by molar-refractivity contribution is 1.43. The molecule has 0 aromatic carbocycles. The predicted molar refractivity (Wildman–Crippen MR) is 45.0 cm³/mol. The van der Waals surface area contributed by atoms with Crippen LogP contribution in [0.1, 0.15) is 0 Å². The summed E-state index contributed by atoms with van der Waals surface area (Å²) in [4.78, 5) is 3.90. The Hall–Kier alpha value is 0.390. The van der Waals surface area contributed by atoms with Crippen LogP contribution in [0.5, 0.6) is 0 Å². The van der Waals surface area contributed by atoms with Gasteiger partial charge in [0.2, 0.25) is 0 Å². The molecule has 0 atom stereocenters. The summed E-state index contributed by atoms with van der Waals surface area (Å²) >= 11 is 4.59. The average Bonchev–Trinajstić information content (AvgIpc) is 2.14. The number of rotatable bonds is 1. The number of halogens is 2. The monoisotopic (exact) mass is 258 g/mol. The molecule has 1 aromatic rings. The highest BCUT2D eigenvalue weighted by Crippen LogP contribution is 2.10. The lowest BCUT2D eigenvalue weighted by Crippen LogP contribution is -1.71. The molecule has 0 saturated heterocycles. The molecule has 0 unspecified atom stereocenters. The topological polar surface area (TPSA) is 24.9 Å². The zero-order chi connectivity index (χ0) is 5.11. The summed E-state index contributed by atoms with van der Waals surface area (Å²) in [7, 11) is 0. The fourth-order valence-electron chi connectivity index (χ4n) is 0.270. The van der Waals surface area contributed by atoms with Crippen LogP contribution in [0.25, 0.3) is 0 Å². The smallest absolute Gasteiger partial charge is 0.192 e. The summed E-state index contributed by atoms with van der Waals surface area (Å²) in [6, 6.07) is 0. The Kier molecular flexibility index (Phi) is 4.50. The predicted octanol–water partition coefficient (Wildman–Crippen LogP) is 2.44. The Balaban J connectivity index is 0.000000490. The van der Waals surface area contributed by atoms with Crippen LogP contribution in [0.15, 0.2) is 11.6 Å². The van der Waals surface area contributed by atoms with Gasteiger partial charge in [-0.25, -0.2) is 4.98 Å². The molecule has 0 amide bonds. The van der Waals surface area contributed by atoms with E-state index < -0.39 is 0 Å². The standard InChI is InChI=1S/C3H3BrN2S.BrH/c4-6-3-5-1-2-7-3;/h1-2H,(H,5,6);1H. The normalized spacial score (nSPS) is 7.62. The van der Waals surface area contributed by atoms with Gasteiger partial charge in [0.05, 0.1) is 0 Å². The third-order valence-electron chi connectivity index (χ3n) is 0.513. The van der Waals surface area contributed by atoms with Crippen molar-refractivity contribution in [2.45, 2.75) is 0 Å². The van der Waals surface area contributed by atoms with E-state index in [4.69, 9.17) is 0 Å². The van der Waals surface area contributed by atoms with Crippen molar-refractivity contribution in [1.82, 2.24) is 4.98 Å². The largest absolute Gasteiger partial charge is 0.298 e. The summed E-state index contributed by atoms with van der Waals surface area (Å²) in [6.45, 7) is 0. The first-order valence-corrected chi connectivity index (χ1v) is 3.37. The van der Waals surface area contributed by atoms with Gasteiger partial charge < -0.3 is 0 Å². The lowest BCUT2D eigenvalue weighted by atomic mass is 11.0. The molecule has 0 aliphatic rings. The number of hydrogen-bond acceptors (Lipinski definition) is 3. The van der Waals surface area contributed by atoms with Crippen molar-refractivity contribution in [2.75, 3.05) is 4.34 Å². The second-order valence-electron chi connectivity index (χ2n) is 0.932. The summed E-state index contributed by atoms with van der Waals surface area (Å²) in [5.41, 5.74) is 0. The molecule has 0 bridgehead atoms. The second-order valence-corrected chi connectivity index (χ2v) is 2.22. The van der Waals surface area contributed by atoms with Crippen LogP contribution in [0.3, 0.4) is 0 Å². The van der Waals surface area contributed by atoms with Crippen molar-refractivity contribution in [3.05, 3.63) is 11.6 Å². The highest BCUT2D eigenvalue weighted by Gasteiger charge is 1.84. The SMILES string of the molecule is Br.BrNc1nccs1. The van der Waals surface area contributed by atoms with Gasteiger partial charge in [0.1, 0.15) is 0 Å². The fourth-order valence-corrected chi connectivity index (χ4v) is 1.07. The van der Waals surface area contributed by atoms with E-state index in [9.17, 15) is 0 Å². The van der Waals surface area contributed by atoms with Crippen molar-refractivity contribution >= 4 is 49.6 Å². The van der Waals surface area contributed by atoms with E-state index in [0.29, 0.717) is 0 Å². The van der Waals surface area contributed by atoms with Crippen molar-refractivity contribution in [1.29, 1.82) is 0 Å². The van der Waals surface area contributed by atoms with Crippen LogP contribution in [0.2, 0.25) is 0 Å². The van der Waals surface area contributed by atoms with E-state index in [-0.39, 0.29) is 17.0 Å². The quantitative estimate of drug-likeness (QED) is 0.784. The molecule has 0 aliphatic carbocycles. The van der Waals surface area contributed by atoms with Gasteiger partial charge in [-0.2, -0.15) is 0 Å². The summed E-state index contributed by atoms with van der Waals surface area (Å²) in [5, 5.41) is 2.80. The highest BCUT2D eigenvalue weighted by molar-refractivity contribution is 9.10. The number of thiazole rings is 1. The van der Waals surface area contributed by atoms with E-state index in [1.807, 2.05) is 5.38 Å². The molecule has 8 heavy (non-hydrogen) atoms. The van der Waals surface area contributed by atoms with Gasteiger partial charge in [0.15, 0.2) is 5.13 Å². The molecule has 5 heteroatoms. The van der Waals surface area contributed by atoms with Crippen molar-refractivity contribution in [3.8, 4) is 0 Å². The Morgan fingerprint density at radius 1 is 1.75 bits per heavy atom. The molecule has 1 aromatic heterocycles. The van der Waals surface area contributed by atoms with Gasteiger partial charge in [-0.1, -0.05) is 0 Å². The number of anilines is 1. The third kappa shape index (κ3) is 2.11. The minimum absolute atomic E-state index is 0. The first kappa shape index (κ1) is 8.39. The van der Waals surface area contributed by atoms with Gasteiger partial charge in [-0.15, -0.1) is 28.3 Å². The molecule has 2 nitrogen and oxygen atoms in total. The molecule has 0 spiro atoms. The van der Waals surface area contributed by atoms with E-state index in [1.54, 1.807) is 17.5 Å². The number of nitrogens with zero attached hydrogens (tertiary/aromatic N) is 1. The van der Waals surface area contributed by atoms with Crippen molar-refractivity contribution in [3.63, 3.8) is 0 Å².